The van der Waals surface area contributed by atoms with Gasteiger partial charge in [-0.1, -0.05) is 11.8 Å². The molecule has 1 fully saturated rings. The van der Waals surface area contributed by atoms with Gasteiger partial charge in [0.2, 0.25) is 0 Å². The fourth-order valence-corrected chi connectivity index (χ4v) is 4.38. The van der Waals surface area contributed by atoms with Gasteiger partial charge in [-0.3, -0.25) is 4.99 Å². The molecule has 20 heavy (non-hydrogen) atoms. The van der Waals surface area contributed by atoms with E-state index in [2.05, 4.69) is 4.99 Å². The summed E-state index contributed by atoms with van der Waals surface area (Å²) >= 11 is 1.18. The summed E-state index contributed by atoms with van der Waals surface area (Å²) in [4.78, 5) is 4.27. The molecule has 1 aromatic rings. The monoisotopic (exact) mass is 301 g/mol. The third kappa shape index (κ3) is 1.72. The van der Waals surface area contributed by atoms with Gasteiger partial charge in [0, 0.05) is 17.2 Å². The smallest absolute Gasteiger partial charge is 0.164 e. The lowest BCUT2D eigenvalue weighted by Crippen LogP contribution is -2.37. The second kappa shape index (κ2) is 4.07. The summed E-state index contributed by atoms with van der Waals surface area (Å²) in [5.41, 5.74) is 10.4. The van der Waals surface area contributed by atoms with Crippen molar-refractivity contribution in [1.29, 1.82) is 0 Å². The van der Waals surface area contributed by atoms with Crippen molar-refractivity contribution in [2.24, 2.45) is 16.6 Å². The molecule has 2 aliphatic rings. The van der Waals surface area contributed by atoms with Crippen molar-refractivity contribution >= 4 is 22.6 Å². The molecule has 1 aliphatic heterocycles. The summed E-state index contributed by atoms with van der Waals surface area (Å²) in [5, 5.41) is 0.195. The maximum Gasteiger partial charge on any atom is 0.164 e. The molecule has 0 radical (unpaired) electrons. The van der Waals surface area contributed by atoms with Crippen LogP contribution in [0.4, 0.5) is 18.9 Å². The lowest BCUT2D eigenvalue weighted by atomic mass is 9.85. The Balaban J connectivity index is 2.16. The Morgan fingerprint density at radius 3 is 2.75 bits per heavy atom. The molecule has 4 N–H and O–H groups in total. The van der Waals surface area contributed by atoms with Gasteiger partial charge in [0.1, 0.15) is 6.67 Å². The average Bonchev–Trinajstić information content (AvgIpc) is 3.09. The molecule has 0 bridgehead atoms. The van der Waals surface area contributed by atoms with Gasteiger partial charge in [0.25, 0.3) is 0 Å². The van der Waals surface area contributed by atoms with Crippen molar-refractivity contribution in [3.63, 3.8) is 0 Å². The van der Waals surface area contributed by atoms with Crippen molar-refractivity contribution in [3.05, 3.63) is 29.3 Å². The molecule has 0 unspecified atom stereocenters. The summed E-state index contributed by atoms with van der Waals surface area (Å²) < 4.78 is 40.3. The van der Waals surface area contributed by atoms with Gasteiger partial charge in [-0.15, -0.1) is 0 Å². The van der Waals surface area contributed by atoms with E-state index >= 15 is 0 Å². The number of benzene rings is 1. The Bertz CT molecular complexity index is 621. The SMILES string of the molecule is C[C@]1(c2cc(N)cc(F)c2F)N=C(N)S[C@@]2(CF)C[C@H]21. The maximum atomic E-state index is 14.1. The van der Waals surface area contributed by atoms with Crippen LogP contribution in [0.2, 0.25) is 0 Å². The van der Waals surface area contributed by atoms with E-state index in [-0.39, 0.29) is 22.3 Å². The second-order valence-electron chi connectivity index (χ2n) is 5.52. The van der Waals surface area contributed by atoms with Crippen LogP contribution in [-0.2, 0) is 5.54 Å². The number of aliphatic imine (C=N–C) groups is 1. The first-order chi connectivity index (χ1) is 9.32. The second-order valence-corrected chi connectivity index (χ2v) is 6.95. The van der Waals surface area contributed by atoms with E-state index in [0.29, 0.717) is 6.42 Å². The molecular formula is C13H14F3N3S. The number of alkyl halides is 1. The summed E-state index contributed by atoms with van der Waals surface area (Å²) in [6.07, 6.45) is 0.532. The van der Waals surface area contributed by atoms with Crippen LogP contribution in [0, 0.1) is 17.6 Å². The normalized spacial score (nSPS) is 35.4. The Hall–Kier alpha value is -1.37. The zero-order valence-electron chi connectivity index (χ0n) is 10.8. The summed E-state index contributed by atoms with van der Waals surface area (Å²) in [5.74, 6) is -2.24. The Kier molecular flexibility index (Phi) is 2.77. The van der Waals surface area contributed by atoms with Crippen LogP contribution in [0.25, 0.3) is 0 Å². The summed E-state index contributed by atoms with van der Waals surface area (Å²) in [6, 6.07) is 2.27. The third-order valence-corrected chi connectivity index (χ3v) is 5.44. The zero-order chi connectivity index (χ0) is 14.7. The minimum Gasteiger partial charge on any atom is -0.399 e. The highest BCUT2D eigenvalue weighted by atomic mass is 32.2. The molecule has 1 saturated carbocycles. The fraction of sp³-hybridized carbons (Fsp3) is 0.462. The number of nitrogens with two attached hydrogens (primary N) is 2. The van der Waals surface area contributed by atoms with E-state index in [9.17, 15) is 13.2 Å². The molecule has 1 aromatic carbocycles. The first-order valence-electron chi connectivity index (χ1n) is 6.18. The molecule has 3 atom stereocenters. The third-order valence-electron chi connectivity index (χ3n) is 4.18. The number of nitrogens with zero attached hydrogens (tertiary/aromatic N) is 1. The molecule has 7 heteroatoms. The van der Waals surface area contributed by atoms with Crippen LogP contribution in [0.5, 0.6) is 0 Å². The van der Waals surface area contributed by atoms with Gasteiger partial charge in [-0.25, -0.2) is 13.2 Å². The van der Waals surface area contributed by atoms with Crippen LogP contribution < -0.4 is 11.5 Å². The minimum absolute atomic E-state index is 0.0403. The number of amidine groups is 1. The predicted octanol–water partition coefficient (Wildman–Crippen LogP) is 2.55. The molecule has 0 spiro atoms. The van der Waals surface area contributed by atoms with Crippen LogP contribution in [0.1, 0.15) is 18.9 Å². The van der Waals surface area contributed by atoms with Gasteiger partial charge in [0.05, 0.1) is 10.3 Å². The predicted molar refractivity (Wildman–Crippen MR) is 74.1 cm³/mol. The zero-order valence-corrected chi connectivity index (χ0v) is 11.6. The highest BCUT2D eigenvalue weighted by molar-refractivity contribution is 8.15. The molecule has 1 aliphatic carbocycles. The number of fused-ring (bicyclic) bond motifs is 1. The standard InChI is InChI=1S/C13H14F3N3S/c1-12(7-2-6(17)3-8(15)10(7)16)9-4-13(9,5-14)20-11(18)19-12/h2-3,9H,4-5,17H2,1H3,(H2,18,19)/t9-,12+,13+/m0/s1. The van der Waals surface area contributed by atoms with Crippen LogP contribution in [0.15, 0.2) is 17.1 Å². The van der Waals surface area contributed by atoms with Gasteiger partial charge in [-0.2, -0.15) is 0 Å². The van der Waals surface area contributed by atoms with E-state index in [1.807, 2.05) is 0 Å². The number of halogens is 3. The topological polar surface area (TPSA) is 64.4 Å². The van der Waals surface area contributed by atoms with Gasteiger partial charge in [-0.05, 0) is 25.5 Å². The summed E-state index contributed by atoms with van der Waals surface area (Å²) in [7, 11) is 0. The highest BCUT2D eigenvalue weighted by Crippen LogP contribution is 2.66. The number of thioether (sulfide) groups is 1. The number of nitrogen functional groups attached to an aromatic ring is 1. The van der Waals surface area contributed by atoms with Crippen LogP contribution >= 0.6 is 11.8 Å². The van der Waals surface area contributed by atoms with E-state index < -0.39 is 28.6 Å². The quantitative estimate of drug-likeness (QED) is 0.825. The highest BCUT2D eigenvalue weighted by Gasteiger charge is 2.66. The molecule has 3 nitrogen and oxygen atoms in total. The minimum atomic E-state index is -1.08. The summed E-state index contributed by atoms with van der Waals surface area (Å²) in [6.45, 7) is 1.08. The number of anilines is 1. The van der Waals surface area contributed by atoms with Crippen molar-refractivity contribution in [3.8, 4) is 0 Å². The molecule has 0 saturated heterocycles. The fourth-order valence-electron chi connectivity index (χ4n) is 3.05. The number of hydrogen-bond donors (Lipinski definition) is 2. The Morgan fingerprint density at radius 2 is 2.10 bits per heavy atom. The average molecular weight is 301 g/mol. The van der Waals surface area contributed by atoms with Gasteiger partial charge in [0.15, 0.2) is 16.8 Å². The van der Waals surface area contributed by atoms with Crippen molar-refractivity contribution < 1.29 is 13.2 Å². The van der Waals surface area contributed by atoms with E-state index in [1.54, 1.807) is 6.92 Å². The lowest BCUT2D eigenvalue weighted by molar-refractivity contribution is 0.357. The van der Waals surface area contributed by atoms with E-state index in [1.165, 1.54) is 17.8 Å². The largest absolute Gasteiger partial charge is 0.399 e. The molecular weight excluding hydrogens is 287 g/mol. The van der Waals surface area contributed by atoms with Crippen molar-refractivity contribution in [1.82, 2.24) is 0 Å². The first kappa shape index (κ1) is 13.6. The van der Waals surface area contributed by atoms with Gasteiger partial charge >= 0.3 is 0 Å². The lowest BCUT2D eigenvalue weighted by Gasteiger charge is -2.33. The Morgan fingerprint density at radius 1 is 1.40 bits per heavy atom. The van der Waals surface area contributed by atoms with Crippen molar-refractivity contribution in [2.45, 2.75) is 23.6 Å². The van der Waals surface area contributed by atoms with E-state index in [0.717, 1.165) is 6.07 Å². The molecule has 0 amide bonds. The molecule has 108 valence electrons. The number of rotatable bonds is 2. The van der Waals surface area contributed by atoms with E-state index in [4.69, 9.17) is 11.5 Å². The first-order valence-corrected chi connectivity index (χ1v) is 6.99. The molecule has 0 aromatic heterocycles. The number of hydrogen-bond acceptors (Lipinski definition) is 4. The van der Waals surface area contributed by atoms with Crippen molar-refractivity contribution in [2.75, 3.05) is 12.4 Å². The van der Waals surface area contributed by atoms with Crippen LogP contribution in [0.3, 0.4) is 0 Å². The van der Waals surface area contributed by atoms with Gasteiger partial charge < -0.3 is 11.5 Å². The van der Waals surface area contributed by atoms with Crippen LogP contribution in [-0.4, -0.2) is 16.6 Å². The molecule has 1 heterocycles. The maximum absolute atomic E-state index is 14.1. The Labute approximate surface area is 118 Å². The molecule has 3 rings (SSSR count).